The van der Waals surface area contributed by atoms with E-state index >= 15 is 0 Å². The highest BCUT2D eigenvalue weighted by Gasteiger charge is 2.36. The van der Waals surface area contributed by atoms with Crippen molar-refractivity contribution in [3.05, 3.63) is 54.1 Å². The van der Waals surface area contributed by atoms with Gasteiger partial charge in [0.25, 0.3) is 0 Å². The summed E-state index contributed by atoms with van der Waals surface area (Å²) in [5.74, 6) is 0.343. The average Bonchev–Trinajstić information content (AvgIpc) is 3.25. The third kappa shape index (κ3) is 5.95. The monoisotopic (exact) mass is 430 g/mol. The Kier molecular flexibility index (Phi) is 7.86. The van der Waals surface area contributed by atoms with Crippen LogP contribution in [0.25, 0.3) is 0 Å². The summed E-state index contributed by atoms with van der Waals surface area (Å²) in [7, 11) is 0. The van der Waals surface area contributed by atoms with Crippen molar-refractivity contribution in [1.29, 1.82) is 0 Å². The lowest BCUT2D eigenvalue weighted by Gasteiger charge is -2.39. The zero-order chi connectivity index (χ0) is 22.3. The molecule has 31 heavy (non-hydrogen) atoms. The predicted octanol–water partition coefficient (Wildman–Crippen LogP) is 2.07. The number of halogens is 1. The Morgan fingerprint density at radius 3 is 3.06 bits per heavy atom. The first-order chi connectivity index (χ1) is 14.9. The van der Waals surface area contributed by atoms with Gasteiger partial charge < -0.3 is 9.64 Å². The maximum absolute atomic E-state index is 13.5. The van der Waals surface area contributed by atoms with Gasteiger partial charge in [-0.25, -0.2) is 9.07 Å². The van der Waals surface area contributed by atoms with Gasteiger partial charge in [0.15, 0.2) is 5.82 Å². The molecule has 1 aliphatic heterocycles. The number of aryl methyl sites for hydroxylation is 2. The molecule has 2 atom stereocenters. The van der Waals surface area contributed by atoms with Gasteiger partial charge in [0.05, 0.1) is 6.61 Å². The fourth-order valence-corrected chi connectivity index (χ4v) is 4.03. The molecular weight excluding hydrogens is 399 g/mol. The molecule has 1 N–H and O–H groups in total. The molecule has 8 nitrogen and oxygen atoms in total. The SMILES string of the molecule is C=CC(=O)N1CCCC(NC(C)(COCC)c2nnnn2CCc2cccc(F)c2)C1. The Morgan fingerprint density at radius 1 is 1.48 bits per heavy atom. The number of hydrogen-bond acceptors (Lipinski definition) is 6. The van der Waals surface area contributed by atoms with E-state index in [0.717, 1.165) is 24.9 Å². The summed E-state index contributed by atoms with van der Waals surface area (Å²) < 4.78 is 21.0. The van der Waals surface area contributed by atoms with Gasteiger partial charge in [0.2, 0.25) is 5.91 Å². The molecule has 1 aliphatic rings. The third-order valence-corrected chi connectivity index (χ3v) is 5.55. The Morgan fingerprint density at radius 2 is 2.32 bits per heavy atom. The molecule has 0 radical (unpaired) electrons. The van der Waals surface area contributed by atoms with Crippen molar-refractivity contribution >= 4 is 5.91 Å². The summed E-state index contributed by atoms with van der Waals surface area (Å²) in [6, 6.07) is 6.62. The molecule has 2 heterocycles. The summed E-state index contributed by atoms with van der Waals surface area (Å²) in [4.78, 5) is 13.9. The first-order valence-electron chi connectivity index (χ1n) is 10.7. The van der Waals surface area contributed by atoms with E-state index in [1.165, 1.54) is 18.2 Å². The smallest absolute Gasteiger partial charge is 0.246 e. The maximum atomic E-state index is 13.5. The van der Waals surface area contributed by atoms with Gasteiger partial charge in [-0.05, 0) is 67.3 Å². The Balaban J connectivity index is 1.76. The summed E-state index contributed by atoms with van der Waals surface area (Å²) >= 11 is 0. The average molecular weight is 431 g/mol. The topological polar surface area (TPSA) is 85.2 Å². The van der Waals surface area contributed by atoms with Crippen LogP contribution in [0.4, 0.5) is 4.39 Å². The van der Waals surface area contributed by atoms with Crippen LogP contribution in [0.3, 0.4) is 0 Å². The van der Waals surface area contributed by atoms with Crippen LogP contribution >= 0.6 is 0 Å². The highest BCUT2D eigenvalue weighted by Crippen LogP contribution is 2.23. The van der Waals surface area contributed by atoms with Crippen LogP contribution in [0.1, 0.15) is 38.1 Å². The molecule has 0 bridgehead atoms. The minimum Gasteiger partial charge on any atom is -0.379 e. The highest BCUT2D eigenvalue weighted by molar-refractivity contribution is 5.87. The molecule has 1 aromatic heterocycles. The largest absolute Gasteiger partial charge is 0.379 e. The molecule has 1 aromatic carbocycles. The number of carbonyl (C=O) groups is 1. The van der Waals surface area contributed by atoms with Gasteiger partial charge in [0.1, 0.15) is 11.4 Å². The van der Waals surface area contributed by atoms with Crippen molar-refractivity contribution in [2.45, 2.75) is 51.2 Å². The third-order valence-electron chi connectivity index (χ3n) is 5.55. The summed E-state index contributed by atoms with van der Waals surface area (Å²) in [5.41, 5.74) is 0.235. The molecular formula is C22H31FN6O2. The normalized spacial score (nSPS) is 18.5. The van der Waals surface area contributed by atoms with Crippen molar-refractivity contribution in [1.82, 2.24) is 30.4 Å². The van der Waals surface area contributed by atoms with Crippen LogP contribution in [0.15, 0.2) is 36.9 Å². The van der Waals surface area contributed by atoms with E-state index < -0.39 is 5.54 Å². The number of carbonyl (C=O) groups excluding carboxylic acids is 1. The standard InChI is InChI=1S/C22H31FN6O2/c1-4-20(30)28-12-7-10-19(15-28)24-22(3,16-31-5-2)21-25-26-27-29(21)13-11-17-8-6-9-18(23)14-17/h4,6,8-9,14,19,24H,1,5,7,10-13,15-16H2,2-3H3. The number of nitrogens with zero attached hydrogens (tertiary/aromatic N) is 5. The fourth-order valence-electron chi connectivity index (χ4n) is 4.03. The number of hydrogen-bond donors (Lipinski definition) is 1. The van der Waals surface area contributed by atoms with Crippen LogP contribution in [0, 0.1) is 5.82 Å². The molecule has 3 rings (SSSR count). The minimum atomic E-state index is -0.646. The summed E-state index contributed by atoms with van der Waals surface area (Å²) in [5, 5.41) is 16.0. The second kappa shape index (κ2) is 10.6. The number of nitrogens with one attached hydrogen (secondary N) is 1. The second-order valence-electron chi connectivity index (χ2n) is 8.05. The van der Waals surface area contributed by atoms with Crippen molar-refractivity contribution in [3.63, 3.8) is 0 Å². The van der Waals surface area contributed by atoms with Crippen LogP contribution in [0.5, 0.6) is 0 Å². The number of piperidine rings is 1. The highest BCUT2D eigenvalue weighted by atomic mass is 19.1. The van der Waals surface area contributed by atoms with Crippen LogP contribution < -0.4 is 5.32 Å². The lowest BCUT2D eigenvalue weighted by Crippen LogP contribution is -2.56. The number of tetrazole rings is 1. The zero-order valence-corrected chi connectivity index (χ0v) is 18.3. The van der Waals surface area contributed by atoms with E-state index in [1.54, 1.807) is 10.7 Å². The number of rotatable bonds is 10. The van der Waals surface area contributed by atoms with Crippen molar-refractivity contribution < 1.29 is 13.9 Å². The predicted molar refractivity (Wildman–Crippen MR) is 115 cm³/mol. The molecule has 2 unspecified atom stereocenters. The Hall–Kier alpha value is -2.65. The van der Waals surface area contributed by atoms with Gasteiger partial charge in [-0.3, -0.25) is 10.1 Å². The van der Waals surface area contributed by atoms with E-state index in [-0.39, 0.29) is 17.8 Å². The minimum absolute atomic E-state index is 0.0575. The van der Waals surface area contributed by atoms with Gasteiger partial charge in [-0.15, -0.1) is 5.10 Å². The van der Waals surface area contributed by atoms with Gasteiger partial charge in [-0.1, -0.05) is 18.7 Å². The zero-order valence-electron chi connectivity index (χ0n) is 18.3. The number of likely N-dealkylation sites (tertiary alicyclic amines) is 1. The van der Waals surface area contributed by atoms with E-state index in [9.17, 15) is 9.18 Å². The lowest BCUT2D eigenvalue weighted by atomic mass is 9.97. The molecule has 1 amide bonds. The Bertz CT molecular complexity index is 888. The fraction of sp³-hybridized carbons (Fsp3) is 0.545. The molecule has 0 aliphatic carbocycles. The van der Waals surface area contributed by atoms with Crippen molar-refractivity contribution in [2.24, 2.45) is 0 Å². The summed E-state index contributed by atoms with van der Waals surface area (Å²) in [6.07, 6.45) is 3.81. The maximum Gasteiger partial charge on any atom is 0.246 e. The molecule has 168 valence electrons. The first kappa shape index (κ1) is 23.0. The molecule has 1 fully saturated rings. The summed E-state index contributed by atoms with van der Waals surface area (Å²) in [6.45, 7) is 10.3. The van der Waals surface area contributed by atoms with E-state index in [2.05, 4.69) is 27.4 Å². The second-order valence-corrected chi connectivity index (χ2v) is 8.05. The van der Waals surface area contributed by atoms with Crippen LogP contribution in [0.2, 0.25) is 0 Å². The first-order valence-corrected chi connectivity index (χ1v) is 10.7. The quantitative estimate of drug-likeness (QED) is 0.581. The number of benzene rings is 1. The molecule has 9 heteroatoms. The number of ether oxygens (including phenoxy) is 1. The van der Waals surface area contributed by atoms with E-state index in [1.807, 2.05) is 24.8 Å². The van der Waals surface area contributed by atoms with Crippen molar-refractivity contribution in [3.8, 4) is 0 Å². The van der Waals surface area contributed by atoms with Crippen molar-refractivity contribution in [2.75, 3.05) is 26.3 Å². The molecule has 0 spiro atoms. The van der Waals surface area contributed by atoms with E-state index in [0.29, 0.717) is 38.5 Å². The van der Waals surface area contributed by atoms with Gasteiger partial charge in [-0.2, -0.15) is 0 Å². The van der Waals surface area contributed by atoms with Crippen LogP contribution in [-0.2, 0) is 28.0 Å². The number of amides is 1. The Labute approximate surface area is 182 Å². The van der Waals surface area contributed by atoms with Gasteiger partial charge >= 0.3 is 0 Å². The lowest BCUT2D eigenvalue weighted by molar-refractivity contribution is -0.127. The van der Waals surface area contributed by atoms with Gasteiger partial charge in [0, 0.05) is 32.3 Å². The van der Waals surface area contributed by atoms with E-state index in [4.69, 9.17) is 4.74 Å². The number of aromatic nitrogens is 4. The molecule has 0 saturated carbocycles. The molecule has 2 aromatic rings. The molecule has 1 saturated heterocycles. The van der Waals surface area contributed by atoms with Crippen LogP contribution in [-0.4, -0.2) is 63.4 Å².